The number of carbonyl (C=O) groups is 1. The molecule has 2 heterocycles. The molecule has 0 saturated carbocycles. The van der Waals surface area contributed by atoms with E-state index in [1.54, 1.807) is 6.07 Å². The molecule has 2 atom stereocenters. The van der Waals surface area contributed by atoms with Crippen molar-refractivity contribution < 1.29 is 14.6 Å². The highest BCUT2D eigenvalue weighted by Crippen LogP contribution is 2.35. The van der Waals surface area contributed by atoms with Gasteiger partial charge in [-0.05, 0) is 57.2 Å². The maximum Gasteiger partial charge on any atom is 0.336 e. The summed E-state index contributed by atoms with van der Waals surface area (Å²) in [6.45, 7) is 5.27. The van der Waals surface area contributed by atoms with Gasteiger partial charge in [-0.2, -0.15) is 0 Å². The molecule has 21 heavy (non-hydrogen) atoms. The van der Waals surface area contributed by atoms with Crippen LogP contribution in [0.1, 0.15) is 49.0 Å². The molecule has 2 unspecified atom stereocenters. The average molecular weight is 289 g/mol. The molecule has 1 aromatic rings. The highest BCUT2D eigenvalue weighted by Gasteiger charge is 2.32. The van der Waals surface area contributed by atoms with Crippen molar-refractivity contribution in [2.24, 2.45) is 0 Å². The van der Waals surface area contributed by atoms with Gasteiger partial charge in [0.05, 0.1) is 17.8 Å². The SMILES string of the molecule is CC1CC(N2CCCc3c(C(=O)O)cccc32)CC(C)O1. The van der Waals surface area contributed by atoms with Crippen LogP contribution in [-0.2, 0) is 11.2 Å². The number of ether oxygens (including phenoxy) is 1. The van der Waals surface area contributed by atoms with Gasteiger partial charge in [0, 0.05) is 18.3 Å². The lowest BCUT2D eigenvalue weighted by Crippen LogP contribution is -2.46. The van der Waals surface area contributed by atoms with Gasteiger partial charge in [-0.3, -0.25) is 0 Å². The standard InChI is InChI=1S/C17H23NO3/c1-11-9-13(10-12(2)21-11)18-8-4-6-14-15(17(19)20)5-3-7-16(14)18/h3,5,7,11-13H,4,6,8-10H2,1-2H3,(H,19,20). The van der Waals surface area contributed by atoms with E-state index in [0.29, 0.717) is 11.6 Å². The second-order valence-corrected chi connectivity index (χ2v) is 6.29. The average Bonchev–Trinajstić information content (AvgIpc) is 2.44. The van der Waals surface area contributed by atoms with Crippen molar-refractivity contribution in [1.29, 1.82) is 0 Å². The van der Waals surface area contributed by atoms with Gasteiger partial charge in [0.2, 0.25) is 0 Å². The summed E-state index contributed by atoms with van der Waals surface area (Å²) in [5, 5.41) is 9.38. The molecule has 0 amide bonds. The number of hydrogen-bond acceptors (Lipinski definition) is 3. The second kappa shape index (κ2) is 5.68. The molecule has 0 aliphatic carbocycles. The molecule has 2 aliphatic heterocycles. The van der Waals surface area contributed by atoms with Crippen LogP contribution in [0.2, 0.25) is 0 Å². The quantitative estimate of drug-likeness (QED) is 0.909. The number of nitrogens with zero attached hydrogens (tertiary/aromatic N) is 1. The molecule has 4 heteroatoms. The molecule has 1 fully saturated rings. The fraction of sp³-hybridized carbons (Fsp3) is 0.588. The topological polar surface area (TPSA) is 49.8 Å². The summed E-state index contributed by atoms with van der Waals surface area (Å²) in [6.07, 6.45) is 4.46. The van der Waals surface area contributed by atoms with Crippen molar-refractivity contribution >= 4 is 11.7 Å². The second-order valence-electron chi connectivity index (χ2n) is 6.29. The zero-order valence-corrected chi connectivity index (χ0v) is 12.7. The first-order valence-electron chi connectivity index (χ1n) is 7.83. The van der Waals surface area contributed by atoms with Crippen LogP contribution in [0.25, 0.3) is 0 Å². The Bertz CT molecular complexity index is 533. The lowest BCUT2D eigenvalue weighted by molar-refractivity contribution is -0.0379. The fourth-order valence-electron chi connectivity index (χ4n) is 3.86. The zero-order valence-electron chi connectivity index (χ0n) is 12.7. The third kappa shape index (κ3) is 2.77. The molecule has 0 bridgehead atoms. The number of carboxylic acids is 1. The van der Waals surface area contributed by atoms with E-state index in [0.717, 1.165) is 43.5 Å². The van der Waals surface area contributed by atoms with E-state index < -0.39 is 5.97 Å². The van der Waals surface area contributed by atoms with E-state index in [2.05, 4.69) is 24.8 Å². The summed E-state index contributed by atoms with van der Waals surface area (Å²) in [5.74, 6) is -0.817. The number of anilines is 1. The zero-order chi connectivity index (χ0) is 15.0. The van der Waals surface area contributed by atoms with E-state index >= 15 is 0 Å². The first-order chi connectivity index (χ1) is 10.1. The Kier molecular flexibility index (Phi) is 3.89. The number of aromatic carboxylic acids is 1. The first-order valence-corrected chi connectivity index (χ1v) is 7.83. The van der Waals surface area contributed by atoms with Crippen molar-refractivity contribution in [3.8, 4) is 0 Å². The molecular weight excluding hydrogens is 266 g/mol. The Morgan fingerprint density at radius 3 is 2.67 bits per heavy atom. The summed E-state index contributed by atoms with van der Waals surface area (Å²) in [4.78, 5) is 13.8. The van der Waals surface area contributed by atoms with Crippen LogP contribution in [0.3, 0.4) is 0 Å². The molecular formula is C17H23NO3. The lowest BCUT2D eigenvalue weighted by atomic mass is 9.91. The smallest absolute Gasteiger partial charge is 0.336 e. The molecule has 3 rings (SSSR count). The molecule has 114 valence electrons. The minimum Gasteiger partial charge on any atom is -0.478 e. The molecule has 0 aromatic heterocycles. The van der Waals surface area contributed by atoms with E-state index in [1.807, 2.05) is 6.07 Å². The number of hydrogen-bond donors (Lipinski definition) is 1. The number of benzene rings is 1. The minimum absolute atomic E-state index is 0.270. The summed E-state index contributed by atoms with van der Waals surface area (Å²) in [7, 11) is 0. The van der Waals surface area contributed by atoms with Crippen molar-refractivity contribution in [3.63, 3.8) is 0 Å². The molecule has 1 N–H and O–H groups in total. The molecule has 0 radical (unpaired) electrons. The number of carboxylic acid groups (broad SMARTS) is 1. The Morgan fingerprint density at radius 1 is 1.29 bits per heavy atom. The van der Waals surface area contributed by atoms with E-state index in [1.165, 1.54) is 0 Å². The van der Waals surface area contributed by atoms with Gasteiger partial charge in [0.25, 0.3) is 0 Å². The predicted molar refractivity (Wildman–Crippen MR) is 82.1 cm³/mol. The van der Waals surface area contributed by atoms with E-state index in [4.69, 9.17) is 4.74 Å². The molecule has 1 aromatic carbocycles. The Hall–Kier alpha value is -1.55. The van der Waals surface area contributed by atoms with Crippen LogP contribution in [0.4, 0.5) is 5.69 Å². The lowest BCUT2D eigenvalue weighted by Gasteiger charge is -2.43. The largest absolute Gasteiger partial charge is 0.478 e. The van der Waals surface area contributed by atoms with Crippen LogP contribution in [0, 0.1) is 0 Å². The summed E-state index contributed by atoms with van der Waals surface area (Å²) < 4.78 is 5.84. The monoisotopic (exact) mass is 289 g/mol. The number of rotatable bonds is 2. The normalized spacial score (nSPS) is 29.0. The third-order valence-corrected chi connectivity index (χ3v) is 4.63. The Balaban J connectivity index is 1.93. The summed E-state index contributed by atoms with van der Waals surface area (Å²) in [5.41, 5.74) is 2.58. The fourth-order valence-corrected chi connectivity index (χ4v) is 3.86. The van der Waals surface area contributed by atoms with Gasteiger partial charge >= 0.3 is 5.97 Å². The minimum atomic E-state index is -0.817. The summed E-state index contributed by atoms with van der Waals surface area (Å²) in [6, 6.07) is 6.12. The van der Waals surface area contributed by atoms with Gasteiger partial charge < -0.3 is 14.7 Å². The van der Waals surface area contributed by atoms with E-state index in [-0.39, 0.29) is 12.2 Å². The maximum absolute atomic E-state index is 11.4. The molecule has 1 saturated heterocycles. The van der Waals surface area contributed by atoms with Crippen LogP contribution < -0.4 is 4.90 Å². The highest BCUT2D eigenvalue weighted by atomic mass is 16.5. The molecule has 4 nitrogen and oxygen atoms in total. The van der Waals surface area contributed by atoms with Gasteiger partial charge in [-0.1, -0.05) is 6.07 Å². The van der Waals surface area contributed by atoms with Crippen molar-refractivity contribution in [1.82, 2.24) is 0 Å². The Labute approximate surface area is 125 Å². The van der Waals surface area contributed by atoms with Crippen LogP contribution in [-0.4, -0.2) is 35.9 Å². The van der Waals surface area contributed by atoms with Crippen molar-refractivity contribution in [2.75, 3.05) is 11.4 Å². The summed E-state index contributed by atoms with van der Waals surface area (Å²) >= 11 is 0. The predicted octanol–water partition coefficient (Wildman–Crippen LogP) is 3.09. The van der Waals surface area contributed by atoms with Crippen molar-refractivity contribution in [2.45, 2.75) is 57.8 Å². The van der Waals surface area contributed by atoms with Gasteiger partial charge in [-0.25, -0.2) is 4.79 Å². The van der Waals surface area contributed by atoms with Crippen molar-refractivity contribution in [3.05, 3.63) is 29.3 Å². The van der Waals surface area contributed by atoms with Gasteiger partial charge in [-0.15, -0.1) is 0 Å². The van der Waals surface area contributed by atoms with Gasteiger partial charge in [0.15, 0.2) is 0 Å². The molecule has 0 spiro atoms. The van der Waals surface area contributed by atoms with Crippen LogP contribution in [0.5, 0.6) is 0 Å². The third-order valence-electron chi connectivity index (χ3n) is 4.63. The molecule has 2 aliphatic rings. The van der Waals surface area contributed by atoms with Crippen LogP contribution >= 0.6 is 0 Å². The maximum atomic E-state index is 11.4. The van der Waals surface area contributed by atoms with E-state index in [9.17, 15) is 9.90 Å². The van der Waals surface area contributed by atoms with Crippen LogP contribution in [0.15, 0.2) is 18.2 Å². The van der Waals surface area contributed by atoms with Gasteiger partial charge in [0.1, 0.15) is 0 Å². The highest BCUT2D eigenvalue weighted by molar-refractivity contribution is 5.91. The number of fused-ring (bicyclic) bond motifs is 1. The Morgan fingerprint density at radius 2 is 2.00 bits per heavy atom. The first kappa shape index (κ1) is 14.4.